The number of morpholine rings is 1. The van der Waals surface area contributed by atoms with E-state index in [-0.39, 0.29) is 5.02 Å². The van der Waals surface area contributed by atoms with Crippen molar-refractivity contribution < 1.29 is 14.3 Å². The molecule has 6 nitrogen and oxygen atoms in total. The highest BCUT2D eigenvalue weighted by atomic mass is 35.5. The third-order valence-electron chi connectivity index (χ3n) is 4.97. The van der Waals surface area contributed by atoms with E-state index < -0.39 is 5.82 Å². The van der Waals surface area contributed by atoms with E-state index in [0.717, 1.165) is 55.3 Å². The molecule has 0 bridgehead atoms. The van der Waals surface area contributed by atoms with Crippen LogP contribution in [0.25, 0.3) is 0 Å². The van der Waals surface area contributed by atoms with Crippen molar-refractivity contribution in [2.75, 3.05) is 32.8 Å². The van der Waals surface area contributed by atoms with E-state index in [1.165, 1.54) is 6.07 Å². The maximum atomic E-state index is 13.4. The Morgan fingerprint density at radius 1 is 1.29 bits per heavy atom. The molecule has 0 unspecified atom stereocenters. The molecule has 1 aromatic carbocycles. The minimum atomic E-state index is -0.473. The molecule has 1 fully saturated rings. The lowest BCUT2D eigenvalue weighted by atomic mass is 9.97. The van der Waals surface area contributed by atoms with Crippen molar-refractivity contribution >= 4 is 28.8 Å². The van der Waals surface area contributed by atoms with E-state index in [0.29, 0.717) is 24.4 Å². The van der Waals surface area contributed by atoms with Crippen LogP contribution >= 0.6 is 11.6 Å². The monoisotopic (exact) mass is 402 g/mol. The molecule has 2 aliphatic heterocycles. The predicted molar refractivity (Wildman–Crippen MR) is 106 cm³/mol. The molecule has 1 aromatic heterocycles. The largest absolute Gasteiger partial charge is 0.411 e. The first-order chi connectivity index (χ1) is 13.6. The lowest BCUT2D eigenvalue weighted by Crippen LogP contribution is -2.39. The van der Waals surface area contributed by atoms with Crippen LogP contribution in [0.3, 0.4) is 0 Å². The van der Waals surface area contributed by atoms with Gasteiger partial charge in [-0.1, -0.05) is 22.8 Å². The van der Waals surface area contributed by atoms with Gasteiger partial charge >= 0.3 is 0 Å². The quantitative estimate of drug-likeness (QED) is 0.473. The number of hydrogen-bond acceptors (Lipinski definition) is 6. The van der Waals surface area contributed by atoms with Crippen molar-refractivity contribution in [1.29, 1.82) is 0 Å². The molecule has 8 heteroatoms. The highest BCUT2D eigenvalue weighted by Gasteiger charge is 2.24. The number of aliphatic imine (C=N–C) groups is 1. The number of ether oxygens (including phenoxy) is 1. The lowest BCUT2D eigenvalue weighted by molar-refractivity contribution is 0.0452. The van der Waals surface area contributed by atoms with Gasteiger partial charge in [0.2, 0.25) is 0 Å². The zero-order chi connectivity index (χ0) is 19.5. The van der Waals surface area contributed by atoms with Crippen LogP contribution in [-0.4, -0.2) is 59.4 Å². The summed E-state index contributed by atoms with van der Waals surface area (Å²) in [5, 5.41) is 13.2. The van der Waals surface area contributed by atoms with Gasteiger partial charge in [-0.3, -0.25) is 4.90 Å². The lowest BCUT2D eigenvalue weighted by Gasteiger charge is -2.26. The fourth-order valence-electron chi connectivity index (χ4n) is 3.55. The summed E-state index contributed by atoms with van der Waals surface area (Å²) in [7, 11) is 0. The SMILES string of the molecule is O/N=C(\Cc1ccc(F)c(Cl)c1)c1ccnc2c1CC(CN1CCOCC1)=N2. The van der Waals surface area contributed by atoms with Crippen LogP contribution in [0.5, 0.6) is 0 Å². The minimum absolute atomic E-state index is 0.0471. The summed E-state index contributed by atoms with van der Waals surface area (Å²) in [4.78, 5) is 11.4. The van der Waals surface area contributed by atoms with Gasteiger partial charge in [0, 0.05) is 55.5 Å². The molecule has 4 rings (SSSR count). The number of pyridine rings is 1. The summed E-state index contributed by atoms with van der Waals surface area (Å²) in [6, 6.07) is 6.32. The van der Waals surface area contributed by atoms with Crippen LogP contribution < -0.4 is 0 Å². The van der Waals surface area contributed by atoms with Crippen LogP contribution in [0.1, 0.15) is 16.7 Å². The number of nitrogens with zero attached hydrogens (tertiary/aromatic N) is 4. The van der Waals surface area contributed by atoms with Gasteiger partial charge in [0.25, 0.3) is 0 Å². The molecule has 28 heavy (non-hydrogen) atoms. The number of benzene rings is 1. The third-order valence-corrected chi connectivity index (χ3v) is 5.26. The molecular formula is C20H20ClFN4O2. The number of hydrogen-bond donors (Lipinski definition) is 1. The van der Waals surface area contributed by atoms with Gasteiger partial charge in [-0.15, -0.1) is 0 Å². The number of oxime groups is 1. The highest BCUT2D eigenvalue weighted by Crippen LogP contribution is 2.29. The van der Waals surface area contributed by atoms with Gasteiger partial charge in [0.1, 0.15) is 5.82 Å². The van der Waals surface area contributed by atoms with E-state index in [1.54, 1.807) is 18.3 Å². The van der Waals surface area contributed by atoms with Gasteiger partial charge in [-0.25, -0.2) is 14.4 Å². The first-order valence-electron chi connectivity index (χ1n) is 9.13. The van der Waals surface area contributed by atoms with Crippen molar-refractivity contribution in [3.63, 3.8) is 0 Å². The first kappa shape index (κ1) is 19.0. The second-order valence-electron chi connectivity index (χ2n) is 6.88. The number of rotatable bonds is 5. The molecule has 0 amide bonds. The molecule has 1 N–H and O–H groups in total. The Morgan fingerprint density at radius 2 is 2.11 bits per heavy atom. The van der Waals surface area contributed by atoms with Gasteiger partial charge < -0.3 is 9.94 Å². The highest BCUT2D eigenvalue weighted by molar-refractivity contribution is 6.30. The summed E-state index contributed by atoms with van der Waals surface area (Å²) in [5.41, 5.74) is 4.03. The molecular weight excluding hydrogens is 383 g/mol. The van der Waals surface area contributed by atoms with Crippen molar-refractivity contribution in [1.82, 2.24) is 9.88 Å². The fourth-order valence-corrected chi connectivity index (χ4v) is 3.75. The van der Waals surface area contributed by atoms with E-state index in [4.69, 9.17) is 16.3 Å². The van der Waals surface area contributed by atoms with Crippen molar-refractivity contribution in [3.8, 4) is 0 Å². The number of aromatic nitrogens is 1. The second-order valence-corrected chi connectivity index (χ2v) is 7.28. The Morgan fingerprint density at radius 3 is 2.86 bits per heavy atom. The fraction of sp³-hybridized carbons (Fsp3) is 0.350. The maximum Gasteiger partial charge on any atom is 0.156 e. The molecule has 0 aliphatic carbocycles. The second kappa shape index (κ2) is 8.34. The molecule has 3 heterocycles. The first-order valence-corrected chi connectivity index (χ1v) is 9.51. The normalized spacial score (nSPS) is 17.5. The van der Waals surface area contributed by atoms with Crippen LogP contribution in [0.2, 0.25) is 5.02 Å². The summed E-state index contributed by atoms with van der Waals surface area (Å²) in [6.07, 6.45) is 2.66. The minimum Gasteiger partial charge on any atom is -0.411 e. The van der Waals surface area contributed by atoms with E-state index in [1.807, 2.05) is 6.07 Å². The third kappa shape index (κ3) is 4.06. The Balaban J connectivity index is 1.53. The van der Waals surface area contributed by atoms with Crippen LogP contribution in [-0.2, 0) is 17.6 Å². The number of halogens is 2. The summed E-state index contributed by atoms with van der Waals surface area (Å²) in [5.74, 6) is 0.193. The average molecular weight is 403 g/mol. The molecule has 0 atom stereocenters. The molecule has 0 radical (unpaired) electrons. The smallest absolute Gasteiger partial charge is 0.156 e. The predicted octanol–water partition coefficient (Wildman–Crippen LogP) is 3.26. The van der Waals surface area contributed by atoms with Crippen molar-refractivity contribution in [2.45, 2.75) is 12.8 Å². The van der Waals surface area contributed by atoms with Gasteiger partial charge in [-0.05, 0) is 23.8 Å². The van der Waals surface area contributed by atoms with Gasteiger partial charge in [0.15, 0.2) is 5.82 Å². The molecule has 1 saturated heterocycles. The molecule has 0 saturated carbocycles. The summed E-state index contributed by atoms with van der Waals surface area (Å²) in [6.45, 7) is 4.05. The topological polar surface area (TPSA) is 70.3 Å². The molecule has 0 spiro atoms. The van der Waals surface area contributed by atoms with Crippen LogP contribution in [0.4, 0.5) is 10.2 Å². The Kier molecular flexibility index (Phi) is 5.66. The zero-order valence-corrected chi connectivity index (χ0v) is 16.0. The number of fused-ring (bicyclic) bond motifs is 1. The Hall–Kier alpha value is -2.35. The summed E-state index contributed by atoms with van der Waals surface area (Å²) < 4.78 is 18.8. The standard InChI is InChI=1S/C20H20ClFN4O2/c21-17-9-13(1-2-18(17)22)10-19(25-27)15-3-4-23-20-16(15)11-14(24-20)12-26-5-7-28-8-6-26/h1-4,9,27H,5-8,10-12H2/b25-19+. The van der Waals surface area contributed by atoms with Crippen LogP contribution in [0, 0.1) is 5.82 Å². The van der Waals surface area contributed by atoms with E-state index >= 15 is 0 Å². The molecule has 146 valence electrons. The Labute approximate surface area is 167 Å². The van der Waals surface area contributed by atoms with E-state index in [9.17, 15) is 9.60 Å². The molecule has 2 aromatic rings. The maximum absolute atomic E-state index is 13.4. The van der Waals surface area contributed by atoms with Gasteiger partial charge in [0.05, 0.1) is 23.9 Å². The van der Waals surface area contributed by atoms with E-state index in [2.05, 4.69) is 20.0 Å². The summed E-state index contributed by atoms with van der Waals surface area (Å²) >= 11 is 5.87. The van der Waals surface area contributed by atoms with Crippen LogP contribution in [0.15, 0.2) is 40.6 Å². The van der Waals surface area contributed by atoms with Crippen molar-refractivity contribution in [2.24, 2.45) is 10.1 Å². The van der Waals surface area contributed by atoms with Gasteiger partial charge in [-0.2, -0.15) is 0 Å². The van der Waals surface area contributed by atoms with Crippen molar-refractivity contribution in [3.05, 3.63) is 58.0 Å². The average Bonchev–Trinajstić information content (AvgIpc) is 3.12. The zero-order valence-electron chi connectivity index (χ0n) is 15.2. The molecule has 2 aliphatic rings. The Bertz CT molecular complexity index is 942.